The lowest BCUT2D eigenvalue weighted by Gasteiger charge is -2.36. The number of rotatable bonds is 4. The van der Waals surface area contributed by atoms with Crippen LogP contribution in [-0.4, -0.2) is 11.1 Å². The fourth-order valence-electron chi connectivity index (χ4n) is 3.47. The van der Waals surface area contributed by atoms with Gasteiger partial charge in [0.1, 0.15) is 0 Å². The summed E-state index contributed by atoms with van der Waals surface area (Å²) in [6, 6.07) is 24.0. The van der Waals surface area contributed by atoms with Gasteiger partial charge >= 0.3 is 0 Å². The third-order valence-electron chi connectivity index (χ3n) is 4.72. The van der Waals surface area contributed by atoms with Gasteiger partial charge in [-0.3, -0.25) is 10.0 Å². The van der Waals surface area contributed by atoms with Gasteiger partial charge in [0.25, 0.3) is 5.91 Å². The summed E-state index contributed by atoms with van der Waals surface area (Å²) in [5, 5.41) is 15.6. The molecule has 4 nitrogen and oxygen atoms in total. The molecule has 1 aliphatic heterocycles. The van der Waals surface area contributed by atoms with Crippen molar-refractivity contribution in [3.63, 3.8) is 0 Å². The van der Waals surface area contributed by atoms with Gasteiger partial charge in [-0.15, -0.1) is 0 Å². The molecule has 0 aliphatic carbocycles. The molecule has 0 unspecified atom stereocenters. The number of halogens is 1. The second-order valence-electron chi connectivity index (χ2n) is 6.31. The molecule has 1 amide bonds. The lowest BCUT2D eigenvalue weighted by molar-refractivity contribution is -0.123. The zero-order chi connectivity index (χ0) is 18.1. The van der Waals surface area contributed by atoms with Gasteiger partial charge < -0.3 is 5.32 Å². The molecule has 3 aromatic carbocycles. The van der Waals surface area contributed by atoms with E-state index < -0.39 is 5.54 Å². The Balaban J connectivity index is 1.90. The highest BCUT2D eigenvalue weighted by molar-refractivity contribution is 6.31. The first kappa shape index (κ1) is 16.6. The van der Waals surface area contributed by atoms with E-state index in [0.29, 0.717) is 28.4 Å². The number of fused-ring (bicyclic) bond motifs is 1. The largest absolute Gasteiger partial charge is 0.323 e. The fraction of sp³-hybridized carbons (Fsp3) is 0.0952. The van der Waals surface area contributed by atoms with E-state index in [0.717, 1.165) is 10.6 Å². The summed E-state index contributed by atoms with van der Waals surface area (Å²) in [5.74, 6) is -0.287. The van der Waals surface area contributed by atoms with Crippen molar-refractivity contribution in [3.8, 4) is 0 Å². The Labute approximate surface area is 156 Å². The summed E-state index contributed by atoms with van der Waals surface area (Å²) in [5.41, 5.74) is 1.53. The Kier molecular flexibility index (Phi) is 4.15. The van der Waals surface area contributed by atoms with Crippen molar-refractivity contribution in [2.75, 3.05) is 10.4 Å². The Bertz CT molecular complexity index is 947. The number of carbonyl (C=O) groups is 1. The maximum Gasteiger partial charge on any atom is 0.257 e. The first-order chi connectivity index (χ1) is 12.6. The van der Waals surface area contributed by atoms with Crippen LogP contribution in [0.25, 0.3) is 0 Å². The van der Waals surface area contributed by atoms with E-state index in [1.807, 2.05) is 48.5 Å². The Morgan fingerprint density at radius 2 is 1.62 bits per heavy atom. The molecule has 0 fully saturated rings. The Morgan fingerprint density at radius 3 is 2.31 bits per heavy atom. The van der Waals surface area contributed by atoms with E-state index in [1.165, 1.54) is 0 Å². The van der Waals surface area contributed by atoms with Gasteiger partial charge in [0.05, 0.1) is 5.69 Å². The monoisotopic (exact) mass is 364 g/mol. The summed E-state index contributed by atoms with van der Waals surface area (Å²) in [4.78, 5) is 13.1. The van der Waals surface area contributed by atoms with Crippen LogP contribution in [0.2, 0.25) is 5.02 Å². The first-order valence-electron chi connectivity index (χ1n) is 8.31. The molecule has 0 saturated heterocycles. The van der Waals surface area contributed by atoms with E-state index in [-0.39, 0.29) is 5.91 Å². The quantitative estimate of drug-likeness (QED) is 0.664. The average Bonchev–Trinajstić information content (AvgIpc) is 2.94. The topological polar surface area (TPSA) is 52.6 Å². The third-order valence-corrected chi connectivity index (χ3v) is 4.95. The highest BCUT2D eigenvalue weighted by atomic mass is 35.5. The van der Waals surface area contributed by atoms with Gasteiger partial charge in [0.15, 0.2) is 5.54 Å². The van der Waals surface area contributed by atoms with Crippen molar-refractivity contribution in [3.05, 3.63) is 95.0 Å². The first-order valence-corrected chi connectivity index (χ1v) is 8.68. The summed E-state index contributed by atoms with van der Waals surface area (Å²) in [7, 11) is 0. The number of amides is 1. The van der Waals surface area contributed by atoms with Crippen LogP contribution >= 0.6 is 11.6 Å². The van der Waals surface area contributed by atoms with Crippen LogP contribution in [-0.2, 0) is 16.8 Å². The minimum atomic E-state index is -1.28. The molecule has 0 radical (unpaired) electrons. The highest BCUT2D eigenvalue weighted by Gasteiger charge is 2.52. The van der Waals surface area contributed by atoms with E-state index in [9.17, 15) is 10.0 Å². The van der Waals surface area contributed by atoms with Crippen LogP contribution in [0.5, 0.6) is 0 Å². The van der Waals surface area contributed by atoms with Gasteiger partial charge in [-0.2, -0.15) is 0 Å². The molecule has 5 heteroatoms. The van der Waals surface area contributed by atoms with Crippen molar-refractivity contribution in [2.24, 2.45) is 0 Å². The Morgan fingerprint density at radius 1 is 0.962 bits per heavy atom. The second kappa shape index (κ2) is 6.48. The molecule has 130 valence electrons. The fourth-order valence-corrected chi connectivity index (χ4v) is 3.64. The second-order valence-corrected chi connectivity index (χ2v) is 6.75. The predicted octanol–water partition coefficient (Wildman–Crippen LogP) is 4.63. The number of hydrogen-bond acceptors (Lipinski definition) is 3. The van der Waals surface area contributed by atoms with Crippen molar-refractivity contribution >= 4 is 28.9 Å². The molecule has 3 aromatic rings. The molecule has 26 heavy (non-hydrogen) atoms. The van der Waals surface area contributed by atoms with E-state index in [4.69, 9.17) is 11.6 Å². The van der Waals surface area contributed by atoms with Crippen molar-refractivity contribution in [1.82, 2.24) is 0 Å². The number of carbonyl (C=O) groups excluding carboxylic acids is 1. The molecule has 0 bridgehead atoms. The minimum absolute atomic E-state index is 0.287. The molecule has 1 aliphatic rings. The normalized spacial score (nSPS) is 18.3. The predicted molar refractivity (Wildman–Crippen MR) is 103 cm³/mol. The van der Waals surface area contributed by atoms with Crippen LogP contribution in [0.4, 0.5) is 11.4 Å². The van der Waals surface area contributed by atoms with Gasteiger partial charge in [-0.1, -0.05) is 66.2 Å². The third kappa shape index (κ3) is 2.64. The van der Waals surface area contributed by atoms with Crippen LogP contribution in [0.3, 0.4) is 0 Å². The molecule has 1 heterocycles. The van der Waals surface area contributed by atoms with Crippen molar-refractivity contribution in [2.45, 2.75) is 12.0 Å². The number of nitrogens with zero attached hydrogens (tertiary/aromatic N) is 1. The maximum absolute atomic E-state index is 13.1. The van der Waals surface area contributed by atoms with Crippen LogP contribution < -0.4 is 10.4 Å². The van der Waals surface area contributed by atoms with Crippen LogP contribution in [0, 0.1) is 0 Å². The Hall–Kier alpha value is -2.82. The summed E-state index contributed by atoms with van der Waals surface area (Å²) in [6.45, 7) is 0. The maximum atomic E-state index is 13.1. The lowest BCUT2D eigenvalue weighted by Crippen LogP contribution is -2.51. The average molecular weight is 365 g/mol. The number of nitrogens with one attached hydrogen (secondary N) is 1. The molecule has 2 N–H and O–H groups in total. The zero-order valence-electron chi connectivity index (χ0n) is 13.9. The number of para-hydroxylation sites is 1. The molecule has 1 atom stereocenters. The molecule has 0 spiro atoms. The van der Waals surface area contributed by atoms with E-state index in [1.54, 1.807) is 30.3 Å². The number of hydroxylamine groups is 1. The van der Waals surface area contributed by atoms with E-state index >= 15 is 0 Å². The van der Waals surface area contributed by atoms with Crippen LogP contribution in [0.1, 0.15) is 11.1 Å². The summed E-state index contributed by atoms with van der Waals surface area (Å²) >= 11 is 6.09. The van der Waals surface area contributed by atoms with Gasteiger partial charge in [-0.25, -0.2) is 5.06 Å². The van der Waals surface area contributed by atoms with Gasteiger partial charge in [0, 0.05) is 22.7 Å². The van der Waals surface area contributed by atoms with Crippen molar-refractivity contribution in [1.29, 1.82) is 0 Å². The smallest absolute Gasteiger partial charge is 0.257 e. The summed E-state index contributed by atoms with van der Waals surface area (Å²) in [6.07, 6.45) is 0.319. The van der Waals surface area contributed by atoms with E-state index in [2.05, 4.69) is 5.32 Å². The van der Waals surface area contributed by atoms with Crippen LogP contribution in [0.15, 0.2) is 78.9 Å². The number of anilines is 2. The molecule has 0 aromatic heterocycles. The highest BCUT2D eigenvalue weighted by Crippen LogP contribution is 2.44. The summed E-state index contributed by atoms with van der Waals surface area (Å²) < 4.78 is 0. The molecular formula is C21H17ClN2O2. The zero-order valence-corrected chi connectivity index (χ0v) is 14.6. The molecule has 0 saturated carbocycles. The number of hydrogen-bond donors (Lipinski definition) is 2. The van der Waals surface area contributed by atoms with Crippen molar-refractivity contribution < 1.29 is 10.0 Å². The number of benzene rings is 3. The minimum Gasteiger partial charge on any atom is -0.323 e. The van der Waals surface area contributed by atoms with Gasteiger partial charge in [0.2, 0.25) is 0 Å². The lowest BCUT2D eigenvalue weighted by atomic mass is 9.84. The van der Waals surface area contributed by atoms with Gasteiger partial charge in [-0.05, 0) is 29.8 Å². The molecular weight excluding hydrogens is 348 g/mol. The SMILES string of the molecule is O=C1Nc2cc(Cl)ccc2[C@@]1(Cc1ccccc1)N(O)c1ccccc1. The molecule has 4 rings (SSSR count). The standard InChI is InChI=1S/C21H17ClN2O2/c22-16-11-12-18-19(13-16)23-20(25)21(18,14-15-7-3-1-4-8-15)24(26)17-9-5-2-6-10-17/h1-13,26H,14H2,(H,23,25)/t21-/m1/s1.